The molecule has 0 bridgehead atoms. The van der Waals surface area contributed by atoms with Gasteiger partial charge in [-0.3, -0.25) is 4.79 Å². The Labute approximate surface area is 155 Å². The van der Waals surface area contributed by atoms with Crippen molar-refractivity contribution in [2.24, 2.45) is 0 Å². The van der Waals surface area contributed by atoms with Crippen LogP contribution in [-0.4, -0.2) is 33.8 Å². The molecule has 3 heterocycles. The van der Waals surface area contributed by atoms with Gasteiger partial charge >= 0.3 is 0 Å². The minimum atomic E-state index is -0.0795. The summed E-state index contributed by atoms with van der Waals surface area (Å²) in [5, 5.41) is 10.3. The molecule has 1 aromatic carbocycles. The molecule has 0 radical (unpaired) electrons. The number of rotatable bonds is 6. The molecule has 3 aromatic rings. The van der Waals surface area contributed by atoms with Crippen molar-refractivity contribution in [3.8, 4) is 5.75 Å². The second kappa shape index (κ2) is 7.67. The molecule has 7 nitrogen and oxygen atoms in total. The molecule has 0 saturated heterocycles. The maximum absolute atomic E-state index is 12.5. The fourth-order valence-corrected chi connectivity index (χ4v) is 3.90. The lowest BCUT2D eigenvalue weighted by Gasteiger charge is -2.10. The molecule has 0 atom stereocenters. The van der Waals surface area contributed by atoms with Crippen LogP contribution in [0.1, 0.15) is 20.1 Å². The standard InChI is InChI=1S/C18H19N5O2S/c24-18(17-8-13-10-19-5-4-16(13)26-17)22-14-2-1-3-15(9-14)25-7-6-23-12-20-11-21-23/h1-3,8-9,11-12,19H,4-7,10H2,(H,22,24). The topological polar surface area (TPSA) is 81.1 Å². The smallest absolute Gasteiger partial charge is 0.265 e. The molecule has 4 rings (SSSR count). The number of aromatic nitrogens is 3. The van der Waals surface area contributed by atoms with Crippen LogP contribution in [0.2, 0.25) is 0 Å². The first-order valence-electron chi connectivity index (χ1n) is 8.47. The molecule has 0 fully saturated rings. The number of carbonyl (C=O) groups excluding carboxylic acids is 1. The van der Waals surface area contributed by atoms with Gasteiger partial charge in [0.1, 0.15) is 25.0 Å². The number of hydrogen-bond donors (Lipinski definition) is 2. The van der Waals surface area contributed by atoms with Crippen LogP contribution in [0.4, 0.5) is 5.69 Å². The minimum Gasteiger partial charge on any atom is -0.492 e. The van der Waals surface area contributed by atoms with Crippen LogP contribution < -0.4 is 15.4 Å². The van der Waals surface area contributed by atoms with E-state index in [2.05, 4.69) is 20.7 Å². The number of nitrogens with zero attached hydrogens (tertiary/aromatic N) is 3. The zero-order chi connectivity index (χ0) is 17.8. The Kier molecular flexibility index (Phi) is 4.94. The Morgan fingerprint density at radius 3 is 3.19 bits per heavy atom. The number of thiophene rings is 1. The Morgan fingerprint density at radius 1 is 1.38 bits per heavy atom. The number of nitrogens with one attached hydrogen (secondary N) is 2. The molecule has 1 amide bonds. The molecule has 134 valence electrons. The van der Waals surface area contributed by atoms with E-state index in [1.165, 1.54) is 16.8 Å². The quantitative estimate of drug-likeness (QED) is 0.697. The summed E-state index contributed by atoms with van der Waals surface area (Å²) in [5.74, 6) is 0.627. The van der Waals surface area contributed by atoms with Crippen molar-refractivity contribution >= 4 is 22.9 Å². The van der Waals surface area contributed by atoms with E-state index in [0.717, 1.165) is 30.1 Å². The van der Waals surface area contributed by atoms with E-state index < -0.39 is 0 Å². The maximum Gasteiger partial charge on any atom is 0.265 e. The van der Waals surface area contributed by atoms with Crippen LogP contribution in [0, 0.1) is 0 Å². The molecule has 1 aliphatic rings. The lowest BCUT2D eigenvalue weighted by Crippen LogP contribution is -2.21. The Bertz CT molecular complexity index is 867. The number of carbonyl (C=O) groups is 1. The number of benzene rings is 1. The SMILES string of the molecule is O=C(Nc1cccc(OCCn2cncn2)c1)c1cc2c(s1)CCNC2. The number of amides is 1. The molecule has 8 heteroatoms. The zero-order valence-corrected chi connectivity index (χ0v) is 15.0. The van der Waals surface area contributed by atoms with Crippen molar-refractivity contribution in [3.63, 3.8) is 0 Å². The molecular formula is C18H19N5O2S. The van der Waals surface area contributed by atoms with Crippen LogP contribution in [0.15, 0.2) is 43.0 Å². The molecule has 2 aromatic heterocycles. The largest absolute Gasteiger partial charge is 0.492 e. The molecule has 0 spiro atoms. The highest BCUT2D eigenvalue weighted by atomic mass is 32.1. The summed E-state index contributed by atoms with van der Waals surface area (Å²) in [4.78, 5) is 18.5. The van der Waals surface area contributed by atoms with E-state index in [1.807, 2.05) is 30.3 Å². The third-order valence-electron chi connectivity index (χ3n) is 4.11. The summed E-state index contributed by atoms with van der Waals surface area (Å²) in [5.41, 5.74) is 1.95. The number of ether oxygens (including phenoxy) is 1. The summed E-state index contributed by atoms with van der Waals surface area (Å²) in [7, 11) is 0. The van der Waals surface area contributed by atoms with E-state index in [9.17, 15) is 4.79 Å². The van der Waals surface area contributed by atoms with E-state index in [1.54, 1.807) is 22.3 Å². The number of fused-ring (bicyclic) bond motifs is 1. The average Bonchev–Trinajstić information content (AvgIpc) is 3.31. The van der Waals surface area contributed by atoms with Crippen LogP contribution in [0.3, 0.4) is 0 Å². The van der Waals surface area contributed by atoms with Gasteiger partial charge in [0, 0.05) is 29.7 Å². The molecule has 0 unspecified atom stereocenters. The van der Waals surface area contributed by atoms with Gasteiger partial charge in [0.25, 0.3) is 5.91 Å². The fraction of sp³-hybridized carbons (Fsp3) is 0.278. The minimum absolute atomic E-state index is 0.0795. The number of hydrogen-bond acceptors (Lipinski definition) is 6. The molecule has 0 aliphatic carbocycles. The molecule has 2 N–H and O–H groups in total. The van der Waals surface area contributed by atoms with Gasteiger partial charge in [0.05, 0.1) is 11.4 Å². The Hall–Kier alpha value is -2.71. The van der Waals surface area contributed by atoms with E-state index in [4.69, 9.17) is 4.74 Å². The van der Waals surface area contributed by atoms with Crippen molar-refractivity contribution in [2.75, 3.05) is 18.5 Å². The van der Waals surface area contributed by atoms with Crippen molar-refractivity contribution in [1.29, 1.82) is 0 Å². The first kappa shape index (κ1) is 16.7. The van der Waals surface area contributed by atoms with Crippen molar-refractivity contribution in [2.45, 2.75) is 19.5 Å². The Balaban J connectivity index is 1.37. The van der Waals surface area contributed by atoms with Gasteiger partial charge in [-0.25, -0.2) is 9.67 Å². The second-order valence-corrected chi connectivity index (χ2v) is 7.11. The third kappa shape index (κ3) is 3.92. The normalized spacial score (nSPS) is 13.2. The predicted molar refractivity (Wildman–Crippen MR) is 99.6 cm³/mol. The van der Waals surface area contributed by atoms with Crippen molar-refractivity contribution in [1.82, 2.24) is 20.1 Å². The van der Waals surface area contributed by atoms with Gasteiger partial charge in [-0.15, -0.1) is 11.3 Å². The van der Waals surface area contributed by atoms with E-state index >= 15 is 0 Å². The fourth-order valence-electron chi connectivity index (χ4n) is 2.83. The van der Waals surface area contributed by atoms with Crippen LogP contribution in [-0.2, 0) is 19.5 Å². The summed E-state index contributed by atoms with van der Waals surface area (Å²) in [6, 6.07) is 9.40. The maximum atomic E-state index is 12.5. The molecule has 0 saturated carbocycles. The van der Waals surface area contributed by atoms with Crippen molar-refractivity contribution in [3.05, 3.63) is 58.3 Å². The van der Waals surface area contributed by atoms with Gasteiger partial charge < -0.3 is 15.4 Å². The van der Waals surface area contributed by atoms with Crippen LogP contribution in [0.25, 0.3) is 0 Å². The van der Waals surface area contributed by atoms with Gasteiger partial charge in [0.15, 0.2) is 0 Å². The first-order valence-corrected chi connectivity index (χ1v) is 9.28. The average molecular weight is 369 g/mol. The predicted octanol–water partition coefficient (Wildman–Crippen LogP) is 2.32. The summed E-state index contributed by atoms with van der Waals surface area (Å²) in [6.45, 7) is 2.91. The summed E-state index contributed by atoms with van der Waals surface area (Å²) in [6.07, 6.45) is 4.13. The zero-order valence-electron chi connectivity index (χ0n) is 14.1. The van der Waals surface area contributed by atoms with Gasteiger partial charge in [-0.05, 0) is 30.2 Å². The molecule has 1 aliphatic heterocycles. The highest BCUT2D eigenvalue weighted by Gasteiger charge is 2.17. The lowest BCUT2D eigenvalue weighted by atomic mass is 10.1. The van der Waals surface area contributed by atoms with Gasteiger partial charge in [0.2, 0.25) is 0 Å². The highest BCUT2D eigenvalue weighted by molar-refractivity contribution is 7.14. The lowest BCUT2D eigenvalue weighted by molar-refractivity contribution is 0.103. The van der Waals surface area contributed by atoms with E-state index in [-0.39, 0.29) is 5.91 Å². The summed E-state index contributed by atoms with van der Waals surface area (Å²) >= 11 is 1.58. The highest BCUT2D eigenvalue weighted by Crippen LogP contribution is 2.26. The van der Waals surface area contributed by atoms with E-state index in [0.29, 0.717) is 18.9 Å². The molecular weight excluding hydrogens is 350 g/mol. The second-order valence-electron chi connectivity index (χ2n) is 5.97. The van der Waals surface area contributed by atoms with Crippen LogP contribution in [0.5, 0.6) is 5.75 Å². The monoisotopic (exact) mass is 369 g/mol. The van der Waals surface area contributed by atoms with Crippen LogP contribution >= 0.6 is 11.3 Å². The van der Waals surface area contributed by atoms with Gasteiger partial charge in [-0.1, -0.05) is 6.07 Å². The molecule has 26 heavy (non-hydrogen) atoms. The van der Waals surface area contributed by atoms with Gasteiger partial charge in [-0.2, -0.15) is 5.10 Å². The third-order valence-corrected chi connectivity index (χ3v) is 5.35. The van der Waals surface area contributed by atoms with Crippen molar-refractivity contribution < 1.29 is 9.53 Å². The Morgan fingerprint density at radius 2 is 2.35 bits per heavy atom. The number of anilines is 1. The summed E-state index contributed by atoms with van der Waals surface area (Å²) < 4.78 is 7.44. The first-order chi connectivity index (χ1) is 12.8.